The zero-order chi connectivity index (χ0) is 12.3. The van der Waals surface area contributed by atoms with Crippen LogP contribution in [0.15, 0.2) is 24.3 Å². The van der Waals surface area contributed by atoms with Crippen molar-refractivity contribution in [2.24, 2.45) is 0 Å². The third-order valence-electron chi connectivity index (χ3n) is 2.19. The van der Waals surface area contributed by atoms with Gasteiger partial charge in [0.25, 0.3) is 0 Å². The van der Waals surface area contributed by atoms with Gasteiger partial charge in [0.1, 0.15) is 0 Å². The van der Waals surface area contributed by atoms with Gasteiger partial charge in [-0.15, -0.1) is 0 Å². The van der Waals surface area contributed by atoms with Crippen LogP contribution in [0.1, 0.15) is 6.92 Å². The normalized spacial score (nSPS) is 11.8. The molecule has 5 nitrogen and oxygen atoms in total. The van der Waals surface area contributed by atoms with E-state index in [2.05, 4.69) is 0 Å². The highest BCUT2D eigenvalue weighted by atomic mass is 32.2. The number of hydrogen-bond donors (Lipinski definition) is 1. The lowest BCUT2D eigenvalue weighted by Gasteiger charge is -2.26. The number of nitrogens with two attached hydrogens (primary N) is 1. The van der Waals surface area contributed by atoms with E-state index in [4.69, 9.17) is 5.73 Å². The van der Waals surface area contributed by atoms with Crippen LogP contribution in [0, 0.1) is 0 Å². The topological polar surface area (TPSA) is 66.6 Å². The van der Waals surface area contributed by atoms with Crippen molar-refractivity contribution >= 4 is 21.6 Å². The molecule has 6 heteroatoms. The van der Waals surface area contributed by atoms with E-state index in [1.807, 2.05) is 0 Å². The molecular weight excluding hydrogens is 226 g/mol. The van der Waals surface area contributed by atoms with Gasteiger partial charge in [0, 0.05) is 26.3 Å². The van der Waals surface area contributed by atoms with Crippen molar-refractivity contribution in [2.75, 3.05) is 30.7 Å². The molecule has 0 saturated carbocycles. The van der Waals surface area contributed by atoms with Gasteiger partial charge in [0.15, 0.2) is 0 Å². The van der Waals surface area contributed by atoms with Crippen LogP contribution in [0.2, 0.25) is 0 Å². The summed E-state index contributed by atoms with van der Waals surface area (Å²) in [7, 11) is -0.439. The Morgan fingerprint density at radius 1 is 1.31 bits per heavy atom. The van der Waals surface area contributed by atoms with Crippen molar-refractivity contribution < 1.29 is 8.42 Å². The molecule has 0 aliphatic carbocycles. The minimum atomic E-state index is -3.45. The average molecular weight is 243 g/mol. The quantitative estimate of drug-likeness (QED) is 0.799. The number of rotatable bonds is 4. The summed E-state index contributed by atoms with van der Waals surface area (Å²) in [6.45, 7) is 2.15. The Labute approximate surface area is 96.6 Å². The van der Waals surface area contributed by atoms with Crippen LogP contribution >= 0.6 is 0 Å². The van der Waals surface area contributed by atoms with Crippen molar-refractivity contribution in [3.8, 4) is 0 Å². The van der Waals surface area contributed by atoms with Gasteiger partial charge in [-0.1, -0.05) is 6.07 Å². The van der Waals surface area contributed by atoms with Gasteiger partial charge in [-0.25, -0.2) is 0 Å². The van der Waals surface area contributed by atoms with Gasteiger partial charge in [-0.2, -0.15) is 12.7 Å². The van der Waals surface area contributed by atoms with Gasteiger partial charge in [0.05, 0.1) is 5.69 Å². The Morgan fingerprint density at radius 3 is 2.38 bits per heavy atom. The molecule has 90 valence electrons. The molecule has 0 unspecified atom stereocenters. The smallest absolute Gasteiger partial charge is 0.303 e. The Kier molecular flexibility index (Phi) is 3.77. The van der Waals surface area contributed by atoms with E-state index >= 15 is 0 Å². The summed E-state index contributed by atoms with van der Waals surface area (Å²) in [4.78, 5) is 0. The Hall–Kier alpha value is -1.27. The number of anilines is 2. The summed E-state index contributed by atoms with van der Waals surface area (Å²) >= 11 is 0. The van der Waals surface area contributed by atoms with E-state index in [9.17, 15) is 8.42 Å². The van der Waals surface area contributed by atoms with Crippen molar-refractivity contribution in [3.05, 3.63) is 24.3 Å². The molecule has 0 radical (unpaired) electrons. The second kappa shape index (κ2) is 4.71. The minimum Gasteiger partial charge on any atom is -0.399 e. The van der Waals surface area contributed by atoms with E-state index in [0.717, 1.165) is 0 Å². The van der Waals surface area contributed by atoms with E-state index in [-0.39, 0.29) is 0 Å². The maximum atomic E-state index is 12.0. The monoisotopic (exact) mass is 243 g/mol. The van der Waals surface area contributed by atoms with Gasteiger partial charge in [-0.05, 0) is 25.1 Å². The molecule has 1 aromatic carbocycles. The summed E-state index contributed by atoms with van der Waals surface area (Å²) in [5, 5.41) is 0. The standard InChI is InChI=1S/C10H17N3O2S/c1-4-13(16(14,15)12(2)3)10-7-5-6-9(11)8-10/h5-8H,4,11H2,1-3H3. The van der Waals surface area contributed by atoms with Crippen LogP contribution < -0.4 is 10.0 Å². The fourth-order valence-corrected chi connectivity index (χ4v) is 2.46. The molecule has 0 amide bonds. The lowest BCUT2D eigenvalue weighted by atomic mass is 10.3. The molecule has 0 saturated heterocycles. The predicted octanol–water partition coefficient (Wildman–Crippen LogP) is 0.902. The molecule has 1 rings (SSSR count). The van der Waals surface area contributed by atoms with E-state index in [1.54, 1.807) is 31.2 Å². The molecular formula is C10H17N3O2S. The predicted molar refractivity (Wildman–Crippen MR) is 66.5 cm³/mol. The third kappa shape index (κ3) is 2.45. The van der Waals surface area contributed by atoms with E-state index in [0.29, 0.717) is 17.9 Å². The van der Waals surface area contributed by atoms with Crippen molar-refractivity contribution in [3.63, 3.8) is 0 Å². The minimum absolute atomic E-state index is 0.365. The van der Waals surface area contributed by atoms with Crippen molar-refractivity contribution in [2.45, 2.75) is 6.92 Å². The van der Waals surface area contributed by atoms with Gasteiger partial charge in [0.2, 0.25) is 0 Å². The SMILES string of the molecule is CCN(c1cccc(N)c1)S(=O)(=O)N(C)C. The number of benzene rings is 1. The fraction of sp³-hybridized carbons (Fsp3) is 0.400. The summed E-state index contributed by atoms with van der Waals surface area (Å²) in [6, 6.07) is 6.82. The molecule has 0 fully saturated rings. The lowest BCUT2D eigenvalue weighted by Crippen LogP contribution is -2.40. The molecule has 16 heavy (non-hydrogen) atoms. The van der Waals surface area contributed by atoms with Crippen LogP contribution in [0.5, 0.6) is 0 Å². The van der Waals surface area contributed by atoms with Crippen LogP contribution in [0.3, 0.4) is 0 Å². The molecule has 0 aliphatic heterocycles. The Balaban J connectivity index is 3.19. The molecule has 0 atom stereocenters. The number of nitrogens with zero attached hydrogens (tertiary/aromatic N) is 2. The number of nitrogen functional groups attached to an aromatic ring is 1. The van der Waals surface area contributed by atoms with E-state index in [1.165, 1.54) is 22.7 Å². The maximum Gasteiger partial charge on any atom is 0.303 e. The zero-order valence-corrected chi connectivity index (χ0v) is 10.5. The van der Waals surface area contributed by atoms with Crippen LogP contribution in [0.25, 0.3) is 0 Å². The lowest BCUT2D eigenvalue weighted by molar-refractivity contribution is 0.516. The zero-order valence-electron chi connectivity index (χ0n) is 9.71. The van der Waals surface area contributed by atoms with Gasteiger partial charge < -0.3 is 5.73 Å². The highest BCUT2D eigenvalue weighted by molar-refractivity contribution is 7.90. The molecule has 2 N–H and O–H groups in total. The first kappa shape index (κ1) is 12.8. The average Bonchev–Trinajstić information content (AvgIpc) is 2.18. The molecule has 0 aliphatic rings. The largest absolute Gasteiger partial charge is 0.399 e. The highest BCUT2D eigenvalue weighted by Crippen LogP contribution is 2.21. The number of hydrogen-bond acceptors (Lipinski definition) is 3. The van der Waals surface area contributed by atoms with Gasteiger partial charge >= 0.3 is 10.2 Å². The van der Waals surface area contributed by atoms with Crippen molar-refractivity contribution in [1.29, 1.82) is 0 Å². The second-order valence-corrected chi connectivity index (χ2v) is 5.62. The van der Waals surface area contributed by atoms with Crippen molar-refractivity contribution in [1.82, 2.24) is 4.31 Å². The Bertz CT molecular complexity index is 457. The van der Waals surface area contributed by atoms with E-state index < -0.39 is 10.2 Å². The first-order valence-corrected chi connectivity index (χ1v) is 6.35. The van der Waals surface area contributed by atoms with Gasteiger partial charge in [-0.3, -0.25) is 4.31 Å². The Morgan fingerprint density at radius 2 is 1.94 bits per heavy atom. The molecule has 0 bridgehead atoms. The first-order chi connectivity index (χ1) is 7.39. The highest BCUT2D eigenvalue weighted by Gasteiger charge is 2.23. The maximum absolute atomic E-state index is 12.0. The third-order valence-corrected chi connectivity index (χ3v) is 4.13. The summed E-state index contributed by atoms with van der Waals surface area (Å²) in [5.41, 5.74) is 6.76. The van der Waals surface area contributed by atoms with Crippen LogP contribution in [0.4, 0.5) is 11.4 Å². The van der Waals surface area contributed by atoms with Crippen LogP contribution in [-0.4, -0.2) is 33.4 Å². The molecule has 0 spiro atoms. The summed E-state index contributed by atoms with van der Waals surface area (Å²) < 4.78 is 26.5. The molecule has 0 aromatic heterocycles. The molecule has 0 heterocycles. The van der Waals surface area contributed by atoms with Crippen LogP contribution in [-0.2, 0) is 10.2 Å². The summed E-state index contributed by atoms with van der Waals surface area (Å²) in [5.74, 6) is 0. The first-order valence-electron chi connectivity index (χ1n) is 4.95. The molecule has 1 aromatic rings. The second-order valence-electron chi connectivity index (χ2n) is 3.55. The summed E-state index contributed by atoms with van der Waals surface area (Å²) in [6.07, 6.45) is 0. The fourth-order valence-electron chi connectivity index (χ4n) is 1.36.